The number of benzene rings is 1. The van der Waals surface area contributed by atoms with Crippen LogP contribution in [-0.4, -0.2) is 48.6 Å². The normalized spacial score (nSPS) is 20.0. The van der Waals surface area contributed by atoms with E-state index in [1.54, 1.807) is 26.8 Å². The van der Waals surface area contributed by atoms with Crippen LogP contribution in [0.2, 0.25) is 0 Å². The zero-order valence-electron chi connectivity index (χ0n) is 19.3. The lowest BCUT2D eigenvalue weighted by Gasteiger charge is -2.28. The van der Waals surface area contributed by atoms with Crippen molar-refractivity contribution in [3.8, 4) is 17.2 Å². The van der Waals surface area contributed by atoms with E-state index >= 15 is 0 Å². The van der Waals surface area contributed by atoms with Gasteiger partial charge in [-0.05, 0) is 33.6 Å². The van der Waals surface area contributed by atoms with Gasteiger partial charge in [-0.15, -0.1) is 0 Å². The summed E-state index contributed by atoms with van der Waals surface area (Å²) in [7, 11) is 1.52. The van der Waals surface area contributed by atoms with Gasteiger partial charge in [-0.2, -0.15) is 0 Å². The van der Waals surface area contributed by atoms with Crippen LogP contribution in [-0.2, 0) is 25.5 Å². The number of carbonyl (C=O) groups excluding carboxylic acids is 3. The van der Waals surface area contributed by atoms with Crippen molar-refractivity contribution in [2.75, 3.05) is 13.7 Å². The largest absolute Gasteiger partial charge is 0.496 e. The first-order chi connectivity index (χ1) is 15.7. The van der Waals surface area contributed by atoms with Gasteiger partial charge in [-0.3, -0.25) is 9.59 Å². The summed E-state index contributed by atoms with van der Waals surface area (Å²) in [5.74, 6) is 0.476. The van der Waals surface area contributed by atoms with Crippen LogP contribution in [0, 0.1) is 0 Å². The lowest BCUT2D eigenvalue weighted by atomic mass is 9.81. The van der Waals surface area contributed by atoms with Crippen LogP contribution in [0.25, 0.3) is 5.57 Å². The average molecular weight is 456 g/mol. The minimum absolute atomic E-state index is 0.0847. The molecule has 1 N–H and O–H groups in total. The molecule has 2 aliphatic heterocycles. The van der Waals surface area contributed by atoms with Crippen molar-refractivity contribution in [3.63, 3.8) is 0 Å². The summed E-state index contributed by atoms with van der Waals surface area (Å²) in [5, 5.41) is 10.5. The number of aldehydes is 1. The highest BCUT2D eigenvalue weighted by Crippen LogP contribution is 2.53. The minimum atomic E-state index is -1.10. The summed E-state index contributed by atoms with van der Waals surface area (Å²) >= 11 is 0. The van der Waals surface area contributed by atoms with Gasteiger partial charge in [0.25, 0.3) is 0 Å². The molecule has 1 fully saturated rings. The molecule has 0 spiro atoms. The number of aliphatic hydroxyl groups is 1. The first kappa shape index (κ1) is 23.0. The number of esters is 1. The number of rotatable bonds is 5. The standard InChI is InChI=1S/C25H28O8/c1-5-31-24(28)23-16(12-26)20(13-6-8-14(27)9-7-13)21-18(33-23)11-17-15(22(21)30-4)10-19(32-17)25(2,3)29/h11-12,19,29H,5-10H2,1-4H3/t19-/m0/s1. The number of ether oxygens (including phenoxy) is 4. The number of carbonyl (C=O) groups is 3. The van der Waals surface area contributed by atoms with E-state index in [2.05, 4.69) is 0 Å². The molecular weight excluding hydrogens is 428 g/mol. The predicted molar refractivity (Wildman–Crippen MR) is 118 cm³/mol. The summed E-state index contributed by atoms with van der Waals surface area (Å²) in [6.07, 6.45) is 2.18. The average Bonchev–Trinajstić information content (AvgIpc) is 3.21. The summed E-state index contributed by atoms with van der Waals surface area (Å²) in [4.78, 5) is 36.9. The summed E-state index contributed by atoms with van der Waals surface area (Å²) in [5.41, 5.74) is 1.73. The summed E-state index contributed by atoms with van der Waals surface area (Å²) in [6, 6.07) is 1.66. The molecule has 8 nitrogen and oxygen atoms in total. The maximum Gasteiger partial charge on any atom is 0.375 e. The van der Waals surface area contributed by atoms with Gasteiger partial charge in [-0.25, -0.2) is 4.79 Å². The Morgan fingerprint density at radius 3 is 2.52 bits per heavy atom. The second-order valence-electron chi connectivity index (χ2n) is 8.92. The molecule has 1 saturated carbocycles. The Hall–Kier alpha value is -3.13. The van der Waals surface area contributed by atoms with Crippen LogP contribution in [0.1, 0.15) is 57.6 Å². The molecule has 3 aliphatic rings. The summed E-state index contributed by atoms with van der Waals surface area (Å²) in [6.45, 7) is 5.13. The van der Waals surface area contributed by atoms with Crippen LogP contribution in [0.5, 0.6) is 17.2 Å². The van der Waals surface area contributed by atoms with Crippen LogP contribution in [0.4, 0.5) is 0 Å². The molecule has 2 heterocycles. The molecule has 1 atom stereocenters. The third-order valence-corrected chi connectivity index (χ3v) is 6.28. The van der Waals surface area contributed by atoms with Gasteiger partial charge < -0.3 is 24.1 Å². The van der Waals surface area contributed by atoms with E-state index in [0.717, 1.165) is 11.1 Å². The minimum Gasteiger partial charge on any atom is -0.496 e. The highest BCUT2D eigenvalue weighted by atomic mass is 16.6. The van der Waals surface area contributed by atoms with Gasteiger partial charge in [0.15, 0.2) is 6.29 Å². The Morgan fingerprint density at radius 2 is 1.94 bits per heavy atom. The Morgan fingerprint density at radius 1 is 1.24 bits per heavy atom. The first-order valence-electron chi connectivity index (χ1n) is 11.1. The third-order valence-electron chi connectivity index (χ3n) is 6.28. The monoisotopic (exact) mass is 456 g/mol. The lowest BCUT2D eigenvalue weighted by Crippen LogP contribution is -2.39. The van der Waals surface area contributed by atoms with Gasteiger partial charge in [0, 0.05) is 36.5 Å². The van der Waals surface area contributed by atoms with Crippen molar-refractivity contribution >= 4 is 23.6 Å². The highest BCUT2D eigenvalue weighted by molar-refractivity contribution is 6.10. The number of fused-ring (bicyclic) bond motifs is 2. The number of hydrogen-bond donors (Lipinski definition) is 1. The molecule has 1 aromatic rings. The smallest absolute Gasteiger partial charge is 0.375 e. The van der Waals surface area contributed by atoms with Crippen molar-refractivity contribution < 1.29 is 38.4 Å². The highest BCUT2D eigenvalue weighted by Gasteiger charge is 2.41. The molecule has 0 radical (unpaired) electrons. The quantitative estimate of drug-likeness (QED) is 0.532. The number of allylic oxidation sites excluding steroid dienone is 3. The molecular formula is C25H28O8. The fraction of sp³-hybridized carbons (Fsp3) is 0.480. The zero-order chi connectivity index (χ0) is 23.9. The molecule has 0 saturated heterocycles. The SMILES string of the molecule is CCOC(=O)C1=C(C=O)C(=C2CCC(=O)CC2)c2c(cc3c(c2OC)C[C@@H](C(C)(C)O)O3)O1. The van der Waals surface area contributed by atoms with E-state index in [1.165, 1.54) is 7.11 Å². The molecule has 0 aromatic heterocycles. The van der Waals surface area contributed by atoms with Crippen molar-refractivity contribution in [2.24, 2.45) is 0 Å². The fourth-order valence-electron chi connectivity index (χ4n) is 4.59. The van der Waals surface area contributed by atoms with Gasteiger partial charge in [0.2, 0.25) is 5.76 Å². The van der Waals surface area contributed by atoms with E-state index in [-0.39, 0.29) is 23.7 Å². The maximum absolute atomic E-state index is 12.7. The van der Waals surface area contributed by atoms with Gasteiger partial charge in [-0.1, -0.05) is 5.57 Å². The third kappa shape index (κ3) is 4.04. The van der Waals surface area contributed by atoms with Crippen LogP contribution in [0.3, 0.4) is 0 Å². The van der Waals surface area contributed by atoms with E-state index in [1.807, 2.05) is 0 Å². The Labute approximate surface area is 192 Å². The fourth-order valence-corrected chi connectivity index (χ4v) is 4.59. The number of hydrogen-bond acceptors (Lipinski definition) is 8. The van der Waals surface area contributed by atoms with Crippen molar-refractivity contribution in [1.82, 2.24) is 0 Å². The van der Waals surface area contributed by atoms with Gasteiger partial charge in [0.1, 0.15) is 29.1 Å². The molecule has 1 aliphatic carbocycles. The molecule has 4 rings (SSSR count). The predicted octanol–water partition coefficient (Wildman–Crippen LogP) is 3.07. The second kappa shape index (κ2) is 8.67. The van der Waals surface area contributed by atoms with Crippen LogP contribution < -0.4 is 14.2 Å². The van der Waals surface area contributed by atoms with E-state index in [9.17, 15) is 19.5 Å². The molecule has 176 valence electrons. The number of ketones is 1. The van der Waals surface area contributed by atoms with E-state index < -0.39 is 17.7 Å². The van der Waals surface area contributed by atoms with E-state index in [0.29, 0.717) is 66.8 Å². The van der Waals surface area contributed by atoms with Crippen molar-refractivity contribution in [2.45, 2.75) is 64.6 Å². The Balaban J connectivity index is 1.96. The molecule has 1 aromatic carbocycles. The first-order valence-corrected chi connectivity index (χ1v) is 11.1. The topological polar surface area (TPSA) is 108 Å². The molecule has 8 heteroatoms. The van der Waals surface area contributed by atoms with Crippen LogP contribution >= 0.6 is 0 Å². The van der Waals surface area contributed by atoms with Crippen molar-refractivity contribution in [3.05, 3.63) is 34.1 Å². The van der Waals surface area contributed by atoms with Gasteiger partial charge >= 0.3 is 5.97 Å². The maximum atomic E-state index is 12.7. The van der Waals surface area contributed by atoms with Gasteiger partial charge in [0.05, 0.1) is 30.5 Å². The number of Topliss-reactive ketones (excluding diaryl/α,β-unsaturated/α-hetero) is 1. The Bertz CT molecular complexity index is 1070. The van der Waals surface area contributed by atoms with E-state index in [4.69, 9.17) is 18.9 Å². The summed E-state index contributed by atoms with van der Waals surface area (Å²) < 4.78 is 22.9. The molecule has 0 bridgehead atoms. The Kier molecular flexibility index (Phi) is 6.05. The lowest BCUT2D eigenvalue weighted by molar-refractivity contribution is -0.141. The van der Waals surface area contributed by atoms with Crippen LogP contribution in [0.15, 0.2) is 23.0 Å². The number of methoxy groups -OCH3 is 1. The molecule has 0 amide bonds. The second-order valence-corrected chi connectivity index (χ2v) is 8.92. The molecule has 33 heavy (non-hydrogen) atoms. The van der Waals surface area contributed by atoms with Crippen molar-refractivity contribution in [1.29, 1.82) is 0 Å². The molecule has 0 unspecified atom stereocenters. The zero-order valence-corrected chi connectivity index (χ0v) is 19.3.